The summed E-state index contributed by atoms with van der Waals surface area (Å²) in [5, 5.41) is 7.88. The lowest BCUT2D eigenvalue weighted by molar-refractivity contribution is -0.110. The number of amides is 1. The van der Waals surface area contributed by atoms with Crippen LogP contribution in [0.2, 0.25) is 0 Å². The highest BCUT2D eigenvalue weighted by molar-refractivity contribution is 7.89. The van der Waals surface area contributed by atoms with Crippen molar-refractivity contribution < 1.29 is 17.9 Å². The van der Waals surface area contributed by atoms with Crippen molar-refractivity contribution >= 4 is 33.3 Å². The van der Waals surface area contributed by atoms with Crippen molar-refractivity contribution in [2.45, 2.75) is 11.8 Å². The molecule has 1 aliphatic rings. The normalized spacial score (nSPS) is 15.2. The second-order valence-corrected chi connectivity index (χ2v) is 6.83. The van der Waals surface area contributed by atoms with Gasteiger partial charge in [0.1, 0.15) is 5.75 Å². The monoisotopic (exact) mass is 344 g/mol. The lowest BCUT2D eigenvalue weighted by Crippen LogP contribution is -2.12. The lowest BCUT2D eigenvalue weighted by atomic mass is 10.0. The minimum atomic E-state index is -3.84. The Morgan fingerprint density at radius 2 is 2.00 bits per heavy atom. The van der Waals surface area contributed by atoms with Gasteiger partial charge >= 0.3 is 0 Å². The Kier molecular flexibility index (Phi) is 4.13. The molecule has 3 rings (SSSR count). The standard InChI is InChI=1S/C17H16N2O4S/c1-2-23-12-5-3-4-11(8-12)9-15-14-10-13(24(18,21)22)6-7-16(14)19-17(15)20/h3-10H,2H2,1H3,(H,19,20)(H2,18,21,22). The second kappa shape index (κ2) is 6.10. The van der Waals surface area contributed by atoms with Gasteiger partial charge in [-0.15, -0.1) is 0 Å². The number of anilines is 1. The first-order valence-electron chi connectivity index (χ1n) is 7.31. The first-order valence-corrected chi connectivity index (χ1v) is 8.86. The van der Waals surface area contributed by atoms with Crippen molar-refractivity contribution in [3.8, 4) is 5.75 Å². The van der Waals surface area contributed by atoms with E-state index in [-0.39, 0.29) is 10.8 Å². The van der Waals surface area contributed by atoms with Crippen molar-refractivity contribution in [1.29, 1.82) is 0 Å². The van der Waals surface area contributed by atoms with Gasteiger partial charge in [0.15, 0.2) is 0 Å². The molecular formula is C17H16N2O4S. The van der Waals surface area contributed by atoms with Crippen LogP contribution in [0.15, 0.2) is 47.4 Å². The third-order valence-electron chi connectivity index (χ3n) is 3.58. The summed E-state index contributed by atoms with van der Waals surface area (Å²) in [7, 11) is -3.84. The third kappa shape index (κ3) is 3.17. The van der Waals surface area contributed by atoms with E-state index in [9.17, 15) is 13.2 Å². The highest BCUT2D eigenvalue weighted by Gasteiger charge is 2.25. The van der Waals surface area contributed by atoms with Crippen LogP contribution in [0.4, 0.5) is 5.69 Å². The van der Waals surface area contributed by atoms with Gasteiger partial charge in [0.25, 0.3) is 5.91 Å². The molecule has 124 valence electrons. The summed E-state index contributed by atoms with van der Waals surface area (Å²) in [5.74, 6) is 0.405. The van der Waals surface area contributed by atoms with Gasteiger partial charge in [0.05, 0.1) is 11.5 Å². The number of rotatable bonds is 4. The summed E-state index contributed by atoms with van der Waals surface area (Å²) in [4.78, 5) is 12.2. The quantitative estimate of drug-likeness (QED) is 0.831. The Hall–Kier alpha value is -2.64. The Morgan fingerprint density at radius 1 is 1.21 bits per heavy atom. The lowest BCUT2D eigenvalue weighted by Gasteiger charge is -2.05. The zero-order valence-corrected chi connectivity index (χ0v) is 13.8. The number of sulfonamides is 1. The molecule has 2 aromatic rings. The van der Waals surface area contributed by atoms with Crippen LogP contribution in [0.3, 0.4) is 0 Å². The number of carbonyl (C=O) groups is 1. The number of ether oxygens (including phenoxy) is 1. The molecule has 7 heteroatoms. The molecule has 1 amide bonds. The maximum atomic E-state index is 12.2. The molecule has 0 saturated heterocycles. The summed E-state index contributed by atoms with van der Waals surface area (Å²) < 4.78 is 28.5. The molecular weight excluding hydrogens is 328 g/mol. The zero-order valence-electron chi connectivity index (χ0n) is 12.9. The molecule has 0 bridgehead atoms. The summed E-state index contributed by atoms with van der Waals surface area (Å²) in [6, 6.07) is 11.6. The van der Waals surface area contributed by atoms with Crippen molar-refractivity contribution in [2.75, 3.05) is 11.9 Å². The van der Waals surface area contributed by atoms with Crippen LogP contribution in [0.5, 0.6) is 5.75 Å². The van der Waals surface area contributed by atoms with E-state index in [1.165, 1.54) is 18.2 Å². The smallest absolute Gasteiger partial charge is 0.256 e. The Labute approximate surface area is 140 Å². The average molecular weight is 344 g/mol. The molecule has 0 saturated carbocycles. The minimum Gasteiger partial charge on any atom is -0.494 e. The zero-order chi connectivity index (χ0) is 17.3. The molecule has 0 fully saturated rings. The van der Waals surface area contributed by atoms with Crippen LogP contribution in [0.1, 0.15) is 18.1 Å². The van der Waals surface area contributed by atoms with Gasteiger partial charge in [0.2, 0.25) is 10.0 Å². The first kappa shape index (κ1) is 16.2. The van der Waals surface area contributed by atoms with Gasteiger partial charge in [-0.3, -0.25) is 4.79 Å². The maximum Gasteiger partial charge on any atom is 0.256 e. The largest absolute Gasteiger partial charge is 0.494 e. The highest BCUT2D eigenvalue weighted by atomic mass is 32.2. The summed E-state index contributed by atoms with van der Waals surface area (Å²) in [6.45, 7) is 2.43. The fourth-order valence-electron chi connectivity index (χ4n) is 2.51. The van der Waals surface area contributed by atoms with E-state index in [1.54, 1.807) is 6.08 Å². The van der Waals surface area contributed by atoms with Gasteiger partial charge in [-0.25, -0.2) is 13.6 Å². The fraction of sp³-hybridized carbons (Fsp3) is 0.118. The Bertz CT molecular complexity index is 949. The number of hydrogen-bond acceptors (Lipinski definition) is 4. The van der Waals surface area contributed by atoms with E-state index in [2.05, 4.69) is 5.32 Å². The van der Waals surface area contributed by atoms with E-state index >= 15 is 0 Å². The summed E-state index contributed by atoms with van der Waals surface area (Å²) >= 11 is 0. The first-order chi connectivity index (χ1) is 11.4. The van der Waals surface area contributed by atoms with E-state index in [1.807, 2.05) is 31.2 Å². The molecule has 0 unspecified atom stereocenters. The van der Waals surface area contributed by atoms with Gasteiger partial charge in [-0.2, -0.15) is 0 Å². The summed E-state index contributed by atoms with van der Waals surface area (Å²) in [6.07, 6.45) is 1.69. The van der Waals surface area contributed by atoms with Crippen molar-refractivity contribution in [3.05, 3.63) is 53.6 Å². The van der Waals surface area contributed by atoms with Crippen LogP contribution >= 0.6 is 0 Å². The molecule has 3 N–H and O–H groups in total. The van der Waals surface area contributed by atoms with Crippen molar-refractivity contribution in [3.63, 3.8) is 0 Å². The number of fused-ring (bicyclic) bond motifs is 1. The molecule has 2 aromatic carbocycles. The molecule has 0 aromatic heterocycles. The van der Waals surface area contributed by atoms with Gasteiger partial charge in [0, 0.05) is 16.8 Å². The third-order valence-corrected chi connectivity index (χ3v) is 4.49. The molecule has 0 radical (unpaired) electrons. The predicted octanol–water partition coefficient (Wildman–Crippen LogP) is 2.23. The number of primary sulfonamides is 1. The minimum absolute atomic E-state index is 0.0354. The van der Waals surface area contributed by atoms with Crippen LogP contribution in [0.25, 0.3) is 11.6 Å². The van der Waals surface area contributed by atoms with E-state index in [0.29, 0.717) is 29.2 Å². The molecule has 0 spiro atoms. The molecule has 1 aliphatic heterocycles. The van der Waals surface area contributed by atoms with Crippen molar-refractivity contribution in [1.82, 2.24) is 0 Å². The Morgan fingerprint density at radius 3 is 2.71 bits per heavy atom. The van der Waals surface area contributed by atoms with Gasteiger partial charge in [-0.05, 0) is 48.9 Å². The fourth-order valence-corrected chi connectivity index (χ4v) is 3.05. The SMILES string of the molecule is CCOc1cccc(C=C2C(=O)Nc3ccc(S(N)(=O)=O)cc32)c1. The molecule has 24 heavy (non-hydrogen) atoms. The van der Waals surface area contributed by atoms with E-state index in [4.69, 9.17) is 9.88 Å². The van der Waals surface area contributed by atoms with Crippen molar-refractivity contribution in [2.24, 2.45) is 5.14 Å². The molecule has 1 heterocycles. The average Bonchev–Trinajstić information content (AvgIpc) is 2.82. The molecule has 6 nitrogen and oxygen atoms in total. The van der Waals surface area contributed by atoms with Gasteiger partial charge < -0.3 is 10.1 Å². The summed E-state index contributed by atoms with van der Waals surface area (Å²) in [5.41, 5.74) is 2.22. The van der Waals surface area contributed by atoms with Crippen LogP contribution in [-0.2, 0) is 14.8 Å². The Balaban J connectivity index is 2.07. The van der Waals surface area contributed by atoms with Crippen LogP contribution in [0, 0.1) is 0 Å². The molecule has 0 atom stereocenters. The van der Waals surface area contributed by atoms with E-state index in [0.717, 1.165) is 5.56 Å². The predicted molar refractivity (Wildman–Crippen MR) is 91.9 cm³/mol. The number of nitrogens with one attached hydrogen (secondary N) is 1. The van der Waals surface area contributed by atoms with Crippen LogP contribution < -0.4 is 15.2 Å². The van der Waals surface area contributed by atoms with E-state index < -0.39 is 10.0 Å². The number of carbonyl (C=O) groups excluding carboxylic acids is 1. The second-order valence-electron chi connectivity index (χ2n) is 5.27. The number of hydrogen-bond donors (Lipinski definition) is 2. The molecule has 0 aliphatic carbocycles. The van der Waals surface area contributed by atoms with Crippen LogP contribution in [-0.4, -0.2) is 20.9 Å². The topological polar surface area (TPSA) is 98.5 Å². The maximum absolute atomic E-state index is 12.2. The number of benzene rings is 2. The number of nitrogens with two attached hydrogens (primary N) is 1. The highest BCUT2D eigenvalue weighted by Crippen LogP contribution is 2.34. The van der Waals surface area contributed by atoms with Gasteiger partial charge in [-0.1, -0.05) is 12.1 Å².